The van der Waals surface area contributed by atoms with Crippen molar-refractivity contribution in [3.8, 4) is 5.75 Å². The third kappa shape index (κ3) is 5.08. The third-order valence-corrected chi connectivity index (χ3v) is 4.63. The maximum atomic E-state index is 12.6. The van der Waals surface area contributed by atoms with E-state index in [0.717, 1.165) is 12.1 Å². The number of benzene rings is 2. The van der Waals surface area contributed by atoms with E-state index in [-0.39, 0.29) is 24.9 Å². The number of nitrogens with one attached hydrogen (secondary N) is 2. The summed E-state index contributed by atoms with van der Waals surface area (Å²) >= 11 is 0. The Hall–Kier alpha value is -3.55. The quantitative estimate of drug-likeness (QED) is 0.678. The van der Waals surface area contributed by atoms with Crippen molar-refractivity contribution in [2.75, 3.05) is 37.0 Å². The lowest BCUT2D eigenvalue weighted by Crippen LogP contribution is -2.50. The van der Waals surface area contributed by atoms with Crippen molar-refractivity contribution in [1.29, 1.82) is 0 Å². The normalized spacial score (nSPS) is 14.9. The Labute approximate surface area is 175 Å². The van der Waals surface area contributed by atoms with Crippen molar-refractivity contribution in [1.82, 2.24) is 5.32 Å². The minimum atomic E-state index is -0.696. The molecule has 8 heteroatoms. The van der Waals surface area contributed by atoms with Crippen LogP contribution in [-0.4, -0.2) is 50.6 Å². The van der Waals surface area contributed by atoms with Gasteiger partial charge in [0.2, 0.25) is 5.91 Å². The average molecular weight is 411 g/mol. The van der Waals surface area contributed by atoms with E-state index in [4.69, 9.17) is 4.74 Å². The monoisotopic (exact) mass is 411 g/mol. The molecule has 1 aliphatic rings. The summed E-state index contributed by atoms with van der Waals surface area (Å²) in [7, 11) is 1.31. The van der Waals surface area contributed by atoms with E-state index >= 15 is 0 Å². The van der Waals surface area contributed by atoms with Gasteiger partial charge in [0.15, 0.2) is 6.10 Å². The largest absolute Gasteiger partial charge is 0.477 e. The predicted molar refractivity (Wildman–Crippen MR) is 113 cm³/mol. The smallest absolute Gasteiger partial charge is 0.337 e. The van der Waals surface area contributed by atoms with Gasteiger partial charge >= 0.3 is 5.97 Å². The van der Waals surface area contributed by atoms with Gasteiger partial charge in [-0.1, -0.05) is 19.1 Å². The molecule has 0 aromatic heterocycles. The van der Waals surface area contributed by atoms with Gasteiger partial charge in [0.1, 0.15) is 5.75 Å². The standard InChI is InChI=1S/C22H25N3O5/c1-3-12-23-21(27)19-13-25(17-6-4-5-7-18(17)30-19)14-20(26)24-16-10-8-15(9-11-16)22(28)29-2/h4-11,19H,3,12-14H2,1-2H3,(H,23,27)(H,24,26)/t19-/m0/s1. The number of rotatable bonds is 7. The number of hydrogen-bond donors (Lipinski definition) is 2. The highest BCUT2D eigenvalue weighted by Crippen LogP contribution is 2.33. The second-order valence-electron chi connectivity index (χ2n) is 6.86. The van der Waals surface area contributed by atoms with Crippen molar-refractivity contribution in [3.05, 3.63) is 54.1 Å². The Balaban J connectivity index is 1.68. The first-order valence-electron chi connectivity index (χ1n) is 9.78. The fraction of sp³-hybridized carbons (Fsp3) is 0.318. The molecule has 2 aromatic carbocycles. The Bertz CT molecular complexity index is 913. The molecule has 0 unspecified atom stereocenters. The number of esters is 1. The summed E-state index contributed by atoms with van der Waals surface area (Å²) in [5.74, 6) is -0.318. The second-order valence-corrected chi connectivity index (χ2v) is 6.86. The summed E-state index contributed by atoms with van der Waals surface area (Å²) < 4.78 is 10.5. The van der Waals surface area contributed by atoms with Crippen LogP contribution in [0.2, 0.25) is 0 Å². The summed E-state index contributed by atoms with van der Waals surface area (Å²) in [5.41, 5.74) is 1.72. The average Bonchev–Trinajstić information content (AvgIpc) is 2.77. The van der Waals surface area contributed by atoms with Crippen LogP contribution < -0.4 is 20.3 Å². The van der Waals surface area contributed by atoms with E-state index < -0.39 is 12.1 Å². The zero-order chi connectivity index (χ0) is 21.5. The van der Waals surface area contributed by atoms with Crippen LogP contribution in [0.4, 0.5) is 11.4 Å². The first-order chi connectivity index (χ1) is 14.5. The fourth-order valence-electron chi connectivity index (χ4n) is 3.14. The van der Waals surface area contributed by atoms with Crippen LogP contribution in [0.3, 0.4) is 0 Å². The topological polar surface area (TPSA) is 97.0 Å². The van der Waals surface area contributed by atoms with Crippen molar-refractivity contribution in [3.63, 3.8) is 0 Å². The summed E-state index contributed by atoms with van der Waals surface area (Å²) in [6, 6.07) is 13.8. The molecule has 30 heavy (non-hydrogen) atoms. The maximum Gasteiger partial charge on any atom is 0.337 e. The van der Waals surface area contributed by atoms with Gasteiger partial charge in [0.05, 0.1) is 31.5 Å². The lowest BCUT2D eigenvalue weighted by Gasteiger charge is -2.35. The van der Waals surface area contributed by atoms with Gasteiger partial charge in [-0.25, -0.2) is 4.79 Å². The molecule has 0 fully saturated rings. The van der Waals surface area contributed by atoms with E-state index in [2.05, 4.69) is 15.4 Å². The van der Waals surface area contributed by atoms with E-state index in [1.807, 2.05) is 30.0 Å². The number of fused-ring (bicyclic) bond motifs is 1. The second kappa shape index (κ2) is 9.78. The number of carbonyl (C=O) groups is 3. The molecular weight excluding hydrogens is 386 g/mol. The Kier molecular flexibility index (Phi) is 6.90. The zero-order valence-electron chi connectivity index (χ0n) is 17.0. The molecule has 0 saturated heterocycles. The molecule has 0 radical (unpaired) electrons. The van der Waals surface area contributed by atoms with Crippen LogP contribution in [0.1, 0.15) is 23.7 Å². The fourth-order valence-corrected chi connectivity index (χ4v) is 3.14. The first kappa shape index (κ1) is 21.2. The van der Waals surface area contributed by atoms with Crippen LogP contribution in [0.5, 0.6) is 5.75 Å². The van der Waals surface area contributed by atoms with Crippen LogP contribution in [0.15, 0.2) is 48.5 Å². The highest BCUT2D eigenvalue weighted by molar-refractivity contribution is 5.96. The molecule has 158 valence electrons. The molecule has 3 rings (SSSR count). The van der Waals surface area contributed by atoms with Gasteiger partial charge in [-0.15, -0.1) is 0 Å². The van der Waals surface area contributed by atoms with Gasteiger partial charge in [0, 0.05) is 12.2 Å². The highest BCUT2D eigenvalue weighted by atomic mass is 16.5. The molecule has 1 aliphatic heterocycles. The van der Waals surface area contributed by atoms with Gasteiger partial charge in [-0.3, -0.25) is 9.59 Å². The molecule has 0 saturated carbocycles. The molecule has 2 N–H and O–H groups in total. The van der Waals surface area contributed by atoms with Crippen molar-refractivity contribution < 1.29 is 23.9 Å². The SMILES string of the molecule is CCCNC(=O)[C@@H]1CN(CC(=O)Nc2ccc(C(=O)OC)cc2)c2ccccc2O1. The summed E-state index contributed by atoms with van der Waals surface area (Å²) in [5, 5.41) is 5.65. The van der Waals surface area contributed by atoms with Crippen LogP contribution in [-0.2, 0) is 14.3 Å². The number of hydrogen-bond acceptors (Lipinski definition) is 6. The third-order valence-electron chi connectivity index (χ3n) is 4.63. The lowest BCUT2D eigenvalue weighted by atomic mass is 10.1. The summed E-state index contributed by atoms with van der Waals surface area (Å²) in [6.07, 6.45) is 0.134. The Morgan fingerprint density at radius 1 is 1.13 bits per heavy atom. The van der Waals surface area contributed by atoms with Crippen LogP contribution in [0.25, 0.3) is 0 Å². The lowest BCUT2D eigenvalue weighted by molar-refractivity contribution is -0.128. The van der Waals surface area contributed by atoms with Gasteiger partial charge in [0.25, 0.3) is 5.91 Å². The number of nitrogens with zero attached hydrogens (tertiary/aromatic N) is 1. The molecule has 1 atom stereocenters. The van der Waals surface area contributed by atoms with Crippen molar-refractivity contribution >= 4 is 29.2 Å². The molecule has 0 aliphatic carbocycles. The van der Waals surface area contributed by atoms with Gasteiger partial charge in [-0.2, -0.15) is 0 Å². The van der Waals surface area contributed by atoms with Gasteiger partial charge < -0.3 is 25.0 Å². The zero-order valence-corrected chi connectivity index (χ0v) is 17.0. The first-order valence-corrected chi connectivity index (χ1v) is 9.78. The van der Waals surface area contributed by atoms with Crippen molar-refractivity contribution in [2.45, 2.75) is 19.4 Å². The van der Waals surface area contributed by atoms with Crippen molar-refractivity contribution in [2.24, 2.45) is 0 Å². The summed E-state index contributed by atoms with van der Waals surface area (Å²) in [6.45, 7) is 2.87. The minimum absolute atomic E-state index is 0.0523. The molecule has 2 aromatic rings. The number of carbonyl (C=O) groups excluding carboxylic acids is 3. The van der Waals surface area contributed by atoms with Crippen LogP contribution >= 0.6 is 0 Å². The van der Waals surface area contributed by atoms with E-state index in [1.54, 1.807) is 30.3 Å². The Morgan fingerprint density at radius 3 is 2.57 bits per heavy atom. The maximum absolute atomic E-state index is 12.6. The molecular formula is C22H25N3O5. The summed E-state index contributed by atoms with van der Waals surface area (Å²) in [4.78, 5) is 38.4. The van der Waals surface area contributed by atoms with Crippen LogP contribution in [0, 0.1) is 0 Å². The predicted octanol–water partition coefficient (Wildman–Crippen LogP) is 2.21. The number of methoxy groups -OCH3 is 1. The van der Waals surface area contributed by atoms with E-state index in [1.165, 1.54) is 7.11 Å². The molecule has 2 amide bonds. The molecule has 1 heterocycles. The number of anilines is 2. The Morgan fingerprint density at radius 2 is 1.87 bits per heavy atom. The molecule has 0 spiro atoms. The number of amides is 2. The number of ether oxygens (including phenoxy) is 2. The van der Waals surface area contributed by atoms with Gasteiger partial charge in [-0.05, 0) is 42.8 Å². The molecule has 0 bridgehead atoms. The highest BCUT2D eigenvalue weighted by Gasteiger charge is 2.31. The van der Waals surface area contributed by atoms with E-state index in [0.29, 0.717) is 23.5 Å². The molecule has 8 nitrogen and oxygen atoms in total. The minimum Gasteiger partial charge on any atom is -0.477 e. The van der Waals surface area contributed by atoms with E-state index in [9.17, 15) is 14.4 Å². The number of para-hydroxylation sites is 2.